The first-order chi connectivity index (χ1) is 13.5. The van der Waals surface area contributed by atoms with Crippen molar-refractivity contribution in [2.75, 3.05) is 27.2 Å². The van der Waals surface area contributed by atoms with Crippen molar-refractivity contribution in [3.63, 3.8) is 0 Å². The fraction of sp³-hybridized carbons (Fsp3) is 0.476. The molecule has 1 unspecified atom stereocenters. The normalized spacial score (nSPS) is 19.8. The summed E-state index contributed by atoms with van der Waals surface area (Å²) in [5.74, 6) is 0.788. The largest absolute Gasteiger partial charge is 0.348 e. The quantitative estimate of drug-likeness (QED) is 0.516. The third kappa shape index (κ3) is 5.34. The molecular formula is C21H31N5O2. The summed E-state index contributed by atoms with van der Waals surface area (Å²) in [6.45, 7) is 7.24. The Morgan fingerprint density at radius 3 is 2.71 bits per heavy atom. The zero-order valence-corrected chi connectivity index (χ0v) is 17.1. The molecule has 2 aliphatic heterocycles. The number of urea groups is 1. The minimum absolute atomic E-state index is 0.0562. The van der Waals surface area contributed by atoms with E-state index in [1.807, 2.05) is 24.0 Å². The molecule has 7 heteroatoms. The van der Waals surface area contributed by atoms with Gasteiger partial charge in [0.15, 0.2) is 0 Å². The number of nitrogens with one attached hydrogen (secondary N) is 1. The van der Waals surface area contributed by atoms with Crippen LogP contribution >= 0.6 is 0 Å². The molecule has 1 atom stereocenters. The monoisotopic (exact) mass is 385 g/mol. The average molecular weight is 386 g/mol. The average Bonchev–Trinajstić information content (AvgIpc) is 3.27. The van der Waals surface area contributed by atoms with Crippen LogP contribution in [0.1, 0.15) is 32.6 Å². The van der Waals surface area contributed by atoms with Crippen molar-refractivity contribution in [3.05, 3.63) is 48.4 Å². The lowest BCUT2D eigenvalue weighted by Crippen LogP contribution is -2.54. The predicted molar refractivity (Wildman–Crippen MR) is 113 cm³/mol. The molecule has 0 saturated carbocycles. The number of allylic oxidation sites excluding steroid dienone is 5. The summed E-state index contributed by atoms with van der Waals surface area (Å²) >= 11 is 0. The molecule has 1 fully saturated rings. The van der Waals surface area contributed by atoms with Crippen molar-refractivity contribution in [1.82, 2.24) is 20.0 Å². The molecular weight excluding hydrogens is 354 g/mol. The van der Waals surface area contributed by atoms with Crippen LogP contribution in [0.4, 0.5) is 4.79 Å². The van der Waals surface area contributed by atoms with E-state index < -0.39 is 6.17 Å². The highest BCUT2D eigenvalue weighted by Crippen LogP contribution is 2.20. The van der Waals surface area contributed by atoms with E-state index in [0.717, 1.165) is 44.6 Å². The van der Waals surface area contributed by atoms with Gasteiger partial charge in [0.05, 0.1) is 11.9 Å². The van der Waals surface area contributed by atoms with Crippen LogP contribution < -0.4 is 5.32 Å². The maximum Gasteiger partial charge on any atom is 0.324 e. The lowest BCUT2D eigenvalue weighted by atomic mass is 10.1. The smallest absolute Gasteiger partial charge is 0.324 e. The molecule has 0 bridgehead atoms. The molecule has 2 rings (SSSR count). The highest BCUT2D eigenvalue weighted by atomic mass is 16.2. The molecule has 0 radical (unpaired) electrons. The molecule has 2 heterocycles. The maximum absolute atomic E-state index is 12.7. The minimum atomic E-state index is -0.431. The Morgan fingerprint density at radius 1 is 1.39 bits per heavy atom. The van der Waals surface area contributed by atoms with Gasteiger partial charge in [0.25, 0.3) is 0 Å². The molecule has 1 N–H and O–H groups in total. The Hall–Kier alpha value is -2.83. The van der Waals surface area contributed by atoms with E-state index in [1.165, 1.54) is 10.5 Å². The Bertz CT molecular complexity index is 702. The fourth-order valence-electron chi connectivity index (χ4n) is 3.27. The van der Waals surface area contributed by atoms with E-state index in [1.54, 1.807) is 31.3 Å². The molecule has 3 amide bonds. The minimum Gasteiger partial charge on any atom is -0.348 e. The number of hydrogen-bond donors (Lipinski definition) is 1. The van der Waals surface area contributed by atoms with Gasteiger partial charge in [-0.05, 0) is 26.2 Å². The van der Waals surface area contributed by atoms with Crippen LogP contribution in [0.3, 0.4) is 0 Å². The molecule has 0 aromatic rings. The highest BCUT2D eigenvalue weighted by molar-refractivity contribution is 5.85. The first kappa shape index (κ1) is 21.5. The van der Waals surface area contributed by atoms with Gasteiger partial charge in [-0.25, -0.2) is 9.79 Å². The standard InChI is InChI=1S/C21H31N5O2/c1-5-7-10-17(6-2)11-12-19-22-15-18(20(23-19)24(3)16-27)25(4)21(28)26-13-8-9-14-26/h5-7,10,15-16,20H,1,8-9,11-14H2,2-4H3,(H,22,23)/b10-7-,17-6+. The summed E-state index contributed by atoms with van der Waals surface area (Å²) in [6.07, 6.45) is 13.3. The summed E-state index contributed by atoms with van der Waals surface area (Å²) in [6, 6.07) is -0.0562. The Kier molecular flexibility index (Phi) is 8.04. The lowest BCUT2D eigenvalue weighted by molar-refractivity contribution is -0.118. The zero-order valence-electron chi connectivity index (χ0n) is 17.1. The SMILES string of the molecule is C=C/C=C\C(=C/C)CCC1=NC=C(N(C)C(=O)N2CCCC2)C(N(C)C=O)N1. The first-order valence-corrected chi connectivity index (χ1v) is 9.69. The van der Waals surface area contributed by atoms with Crippen LogP contribution in [0.2, 0.25) is 0 Å². The second kappa shape index (κ2) is 10.5. The molecule has 0 aromatic carbocycles. The zero-order chi connectivity index (χ0) is 20.5. The molecule has 1 saturated heterocycles. The van der Waals surface area contributed by atoms with Gasteiger partial charge in [0, 0.05) is 33.6 Å². The maximum atomic E-state index is 12.7. The molecule has 152 valence electrons. The van der Waals surface area contributed by atoms with E-state index >= 15 is 0 Å². The van der Waals surface area contributed by atoms with Gasteiger partial charge in [-0.2, -0.15) is 0 Å². The number of aliphatic imine (C=N–C) groups is 1. The van der Waals surface area contributed by atoms with Crippen LogP contribution in [-0.2, 0) is 4.79 Å². The summed E-state index contributed by atoms with van der Waals surface area (Å²) in [4.78, 5) is 33.6. The van der Waals surface area contributed by atoms with Gasteiger partial charge in [-0.1, -0.05) is 36.5 Å². The van der Waals surface area contributed by atoms with Gasteiger partial charge < -0.3 is 15.1 Å². The molecule has 0 spiro atoms. The Labute approximate surface area is 167 Å². The second-order valence-corrected chi connectivity index (χ2v) is 6.94. The van der Waals surface area contributed by atoms with Crippen LogP contribution in [-0.4, -0.2) is 66.3 Å². The van der Waals surface area contributed by atoms with E-state index in [2.05, 4.69) is 23.0 Å². The van der Waals surface area contributed by atoms with Crippen LogP contribution in [0.5, 0.6) is 0 Å². The van der Waals surface area contributed by atoms with Gasteiger partial charge in [-0.15, -0.1) is 0 Å². The fourth-order valence-corrected chi connectivity index (χ4v) is 3.27. The van der Waals surface area contributed by atoms with Crippen molar-refractivity contribution in [2.45, 2.75) is 38.8 Å². The number of carbonyl (C=O) groups is 2. The number of likely N-dealkylation sites (N-methyl/N-ethyl adjacent to an activating group) is 2. The van der Waals surface area contributed by atoms with Crippen molar-refractivity contribution in [3.8, 4) is 0 Å². The number of likely N-dealkylation sites (tertiary alicyclic amines) is 1. The predicted octanol–water partition coefficient (Wildman–Crippen LogP) is 2.86. The second-order valence-electron chi connectivity index (χ2n) is 6.94. The summed E-state index contributed by atoms with van der Waals surface area (Å²) < 4.78 is 0. The number of hydrogen-bond acceptors (Lipinski definition) is 4. The van der Waals surface area contributed by atoms with E-state index in [4.69, 9.17) is 0 Å². The summed E-state index contributed by atoms with van der Waals surface area (Å²) in [5, 5.41) is 3.31. The number of rotatable bonds is 8. The summed E-state index contributed by atoms with van der Waals surface area (Å²) in [7, 11) is 3.43. The van der Waals surface area contributed by atoms with E-state index in [-0.39, 0.29) is 6.03 Å². The van der Waals surface area contributed by atoms with Crippen LogP contribution in [0.15, 0.2) is 53.3 Å². The molecule has 7 nitrogen and oxygen atoms in total. The van der Waals surface area contributed by atoms with Gasteiger partial charge in [0.2, 0.25) is 6.41 Å². The van der Waals surface area contributed by atoms with Gasteiger partial charge >= 0.3 is 6.03 Å². The number of nitrogens with zero attached hydrogens (tertiary/aromatic N) is 4. The molecule has 28 heavy (non-hydrogen) atoms. The van der Waals surface area contributed by atoms with E-state index in [9.17, 15) is 9.59 Å². The third-order valence-electron chi connectivity index (χ3n) is 5.03. The highest BCUT2D eigenvalue weighted by Gasteiger charge is 2.31. The van der Waals surface area contributed by atoms with Crippen LogP contribution in [0, 0.1) is 0 Å². The van der Waals surface area contributed by atoms with Crippen molar-refractivity contribution < 1.29 is 9.59 Å². The third-order valence-corrected chi connectivity index (χ3v) is 5.03. The lowest BCUT2D eigenvalue weighted by Gasteiger charge is -2.36. The molecule has 2 aliphatic rings. The molecule has 0 aromatic heterocycles. The van der Waals surface area contributed by atoms with Gasteiger partial charge in [-0.3, -0.25) is 9.69 Å². The number of amidine groups is 1. The Balaban J connectivity index is 2.14. The van der Waals surface area contributed by atoms with Crippen molar-refractivity contribution in [2.24, 2.45) is 4.99 Å². The number of amides is 3. The molecule has 0 aliphatic carbocycles. The summed E-state index contributed by atoms with van der Waals surface area (Å²) in [5.41, 5.74) is 1.84. The van der Waals surface area contributed by atoms with Crippen LogP contribution in [0.25, 0.3) is 0 Å². The van der Waals surface area contributed by atoms with E-state index in [0.29, 0.717) is 12.1 Å². The van der Waals surface area contributed by atoms with Crippen molar-refractivity contribution in [1.29, 1.82) is 0 Å². The first-order valence-electron chi connectivity index (χ1n) is 9.69. The van der Waals surface area contributed by atoms with Gasteiger partial charge in [0.1, 0.15) is 12.0 Å². The Morgan fingerprint density at radius 2 is 2.11 bits per heavy atom. The number of carbonyl (C=O) groups excluding carboxylic acids is 2. The van der Waals surface area contributed by atoms with Crippen molar-refractivity contribution >= 4 is 18.3 Å². The topological polar surface area (TPSA) is 68.2 Å².